The van der Waals surface area contributed by atoms with Gasteiger partial charge in [-0.15, -0.1) is 0 Å². The number of hydrogen-bond acceptors (Lipinski definition) is 5. The maximum Gasteiger partial charge on any atom is 0.337 e. The molecule has 0 spiro atoms. The van der Waals surface area contributed by atoms with Crippen molar-refractivity contribution in [2.45, 2.75) is 13.0 Å². The van der Waals surface area contributed by atoms with Crippen LogP contribution < -0.4 is 14.8 Å². The first-order chi connectivity index (χ1) is 12.4. The highest BCUT2D eigenvalue weighted by atomic mass is 35.5. The summed E-state index contributed by atoms with van der Waals surface area (Å²) in [5.41, 5.74) is 1.26. The van der Waals surface area contributed by atoms with Gasteiger partial charge in [0.15, 0.2) is 18.1 Å². The molecular weight excluding hydrogens is 358 g/mol. The van der Waals surface area contributed by atoms with Crippen molar-refractivity contribution >= 4 is 23.5 Å². The molecule has 0 radical (unpaired) electrons. The molecule has 1 amide bonds. The standard InChI is InChI=1S/C19H20ClNO5/c1-12(13-4-7-15(20)8-5-13)21-18(22)11-26-16-9-6-14(19(23)25-3)10-17(16)24-2/h4-10,12H,11H2,1-3H3,(H,21,22)/t12-/m1/s1. The van der Waals surface area contributed by atoms with Crippen LogP contribution in [0, 0.1) is 0 Å². The Labute approximate surface area is 157 Å². The molecule has 26 heavy (non-hydrogen) atoms. The van der Waals surface area contributed by atoms with E-state index in [1.807, 2.05) is 19.1 Å². The maximum absolute atomic E-state index is 12.1. The van der Waals surface area contributed by atoms with Crippen molar-refractivity contribution < 1.29 is 23.8 Å². The lowest BCUT2D eigenvalue weighted by molar-refractivity contribution is -0.123. The van der Waals surface area contributed by atoms with Crippen molar-refractivity contribution in [1.29, 1.82) is 0 Å². The normalized spacial score (nSPS) is 11.4. The van der Waals surface area contributed by atoms with E-state index in [4.69, 9.17) is 21.1 Å². The lowest BCUT2D eigenvalue weighted by Crippen LogP contribution is -2.31. The minimum Gasteiger partial charge on any atom is -0.493 e. The van der Waals surface area contributed by atoms with E-state index in [9.17, 15) is 9.59 Å². The highest BCUT2D eigenvalue weighted by Gasteiger charge is 2.14. The highest BCUT2D eigenvalue weighted by Crippen LogP contribution is 2.28. The molecular formula is C19H20ClNO5. The summed E-state index contributed by atoms with van der Waals surface area (Å²) in [6.45, 7) is 1.68. The summed E-state index contributed by atoms with van der Waals surface area (Å²) in [6.07, 6.45) is 0. The van der Waals surface area contributed by atoms with Crippen molar-refractivity contribution in [2.75, 3.05) is 20.8 Å². The zero-order valence-corrected chi connectivity index (χ0v) is 15.5. The molecule has 0 fully saturated rings. The third-order valence-electron chi connectivity index (χ3n) is 3.69. The summed E-state index contributed by atoms with van der Waals surface area (Å²) in [6, 6.07) is 11.6. The van der Waals surface area contributed by atoms with Gasteiger partial charge in [0, 0.05) is 5.02 Å². The van der Waals surface area contributed by atoms with E-state index in [0.717, 1.165) is 5.56 Å². The van der Waals surface area contributed by atoms with Crippen LogP contribution in [0.4, 0.5) is 0 Å². The average molecular weight is 378 g/mol. The quantitative estimate of drug-likeness (QED) is 0.748. The number of halogens is 1. The van der Waals surface area contributed by atoms with Gasteiger partial charge in [-0.05, 0) is 42.8 Å². The van der Waals surface area contributed by atoms with Crippen LogP contribution in [0.15, 0.2) is 42.5 Å². The van der Waals surface area contributed by atoms with Crippen molar-refractivity contribution in [3.63, 3.8) is 0 Å². The van der Waals surface area contributed by atoms with Crippen LogP contribution in [0.1, 0.15) is 28.9 Å². The van der Waals surface area contributed by atoms with Gasteiger partial charge in [0.2, 0.25) is 0 Å². The number of carbonyl (C=O) groups excluding carboxylic acids is 2. The first-order valence-electron chi connectivity index (χ1n) is 7.88. The zero-order chi connectivity index (χ0) is 19.1. The largest absolute Gasteiger partial charge is 0.493 e. The van der Waals surface area contributed by atoms with Gasteiger partial charge in [0.1, 0.15) is 0 Å². The lowest BCUT2D eigenvalue weighted by atomic mass is 10.1. The fraction of sp³-hybridized carbons (Fsp3) is 0.263. The summed E-state index contributed by atoms with van der Waals surface area (Å²) >= 11 is 5.86. The fourth-order valence-corrected chi connectivity index (χ4v) is 2.42. The van der Waals surface area contributed by atoms with Crippen LogP contribution in [0.2, 0.25) is 5.02 Å². The number of methoxy groups -OCH3 is 2. The highest BCUT2D eigenvalue weighted by molar-refractivity contribution is 6.30. The van der Waals surface area contributed by atoms with E-state index < -0.39 is 5.97 Å². The molecule has 0 unspecified atom stereocenters. The van der Waals surface area contributed by atoms with Gasteiger partial charge in [-0.2, -0.15) is 0 Å². The molecule has 7 heteroatoms. The summed E-state index contributed by atoms with van der Waals surface area (Å²) in [7, 11) is 2.75. The lowest BCUT2D eigenvalue weighted by Gasteiger charge is -2.16. The second-order valence-corrected chi connectivity index (χ2v) is 5.92. The van der Waals surface area contributed by atoms with E-state index >= 15 is 0 Å². The molecule has 0 aliphatic rings. The average Bonchev–Trinajstić information content (AvgIpc) is 2.66. The van der Waals surface area contributed by atoms with Crippen molar-refractivity contribution in [1.82, 2.24) is 5.32 Å². The molecule has 0 saturated carbocycles. The number of amides is 1. The molecule has 1 atom stereocenters. The number of nitrogens with one attached hydrogen (secondary N) is 1. The molecule has 0 saturated heterocycles. The summed E-state index contributed by atoms with van der Waals surface area (Å²) in [5.74, 6) is -0.0724. The van der Waals surface area contributed by atoms with Crippen LogP contribution in [0.25, 0.3) is 0 Å². The fourth-order valence-electron chi connectivity index (χ4n) is 2.29. The van der Waals surface area contributed by atoms with Gasteiger partial charge in [0.25, 0.3) is 5.91 Å². The number of rotatable bonds is 7. The molecule has 0 aliphatic heterocycles. The Kier molecular flexibility index (Phi) is 6.86. The molecule has 0 aromatic heterocycles. The van der Waals surface area contributed by atoms with E-state index in [0.29, 0.717) is 22.1 Å². The minimum absolute atomic E-state index is 0.188. The second kappa shape index (κ2) is 9.10. The Hall–Kier alpha value is -2.73. The predicted octanol–water partition coefficient (Wildman–Crippen LogP) is 3.39. The molecule has 2 aromatic rings. The number of ether oxygens (including phenoxy) is 3. The van der Waals surface area contributed by atoms with Crippen molar-refractivity contribution in [3.05, 3.63) is 58.6 Å². The first kappa shape index (κ1) is 19.6. The Morgan fingerprint density at radius 2 is 1.77 bits per heavy atom. The van der Waals surface area contributed by atoms with Gasteiger partial charge in [-0.1, -0.05) is 23.7 Å². The van der Waals surface area contributed by atoms with Crippen LogP contribution in [-0.2, 0) is 9.53 Å². The molecule has 2 rings (SSSR count). The van der Waals surface area contributed by atoms with Crippen LogP contribution in [0.3, 0.4) is 0 Å². The van der Waals surface area contributed by atoms with Gasteiger partial charge in [0.05, 0.1) is 25.8 Å². The summed E-state index contributed by atoms with van der Waals surface area (Å²) in [5, 5.41) is 3.48. The number of hydrogen-bond donors (Lipinski definition) is 1. The smallest absolute Gasteiger partial charge is 0.337 e. The van der Waals surface area contributed by atoms with E-state index in [-0.39, 0.29) is 18.6 Å². The molecule has 1 N–H and O–H groups in total. The van der Waals surface area contributed by atoms with Crippen LogP contribution in [0.5, 0.6) is 11.5 Å². The Morgan fingerprint density at radius 1 is 1.08 bits per heavy atom. The third-order valence-corrected chi connectivity index (χ3v) is 3.94. The topological polar surface area (TPSA) is 73.9 Å². The molecule has 138 valence electrons. The van der Waals surface area contributed by atoms with Crippen molar-refractivity contribution in [3.8, 4) is 11.5 Å². The number of benzene rings is 2. The van der Waals surface area contributed by atoms with Gasteiger partial charge >= 0.3 is 5.97 Å². The Balaban J connectivity index is 1.96. The van der Waals surface area contributed by atoms with Gasteiger partial charge < -0.3 is 19.5 Å². The number of esters is 1. The molecule has 0 aliphatic carbocycles. The summed E-state index contributed by atoms with van der Waals surface area (Å²) in [4.78, 5) is 23.7. The third kappa shape index (κ3) is 5.13. The van der Waals surface area contributed by atoms with Gasteiger partial charge in [-0.25, -0.2) is 4.79 Å². The Bertz CT molecular complexity index is 776. The second-order valence-electron chi connectivity index (χ2n) is 5.49. The number of carbonyl (C=O) groups is 2. The molecule has 0 bridgehead atoms. The molecule has 2 aromatic carbocycles. The monoisotopic (exact) mass is 377 g/mol. The van der Waals surface area contributed by atoms with E-state index in [1.165, 1.54) is 26.4 Å². The predicted molar refractivity (Wildman–Crippen MR) is 97.8 cm³/mol. The first-order valence-corrected chi connectivity index (χ1v) is 8.26. The SMILES string of the molecule is COC(=O)c1ccc(OCC(=O)N[C@H](C)c2ccc(Cl)cc2)c(OC)c1. The molecule has 6 nitrogen and oxygen atoms in total. The Morgan fingerprint density at radius 3 is 2.38 bits per heavy atom. The maximum atomic E-state index is 12.1. The van der Waals surface area contributed by atoms with E-state index in [2.05, 4.69) is 10.1 Å². The molecule has 0 heterocycles. The minimum atomic E-state index is -0.482. The van der Waals surface area contributed by atoms with Crippen LogP contribution in [-0.4, -0.2) is 32.7 Å². The van der Waals surface area contributed by atoms with Crippen molar-refractivity contribution in [2.24, 2.45) is 0 Å². The van der Waals surface area contributed by atoms with E-state index in [1.54, 1.807) is 18.2 Å². The zero-order valence-electron chi connectivity index (χ0n) is 14.7. The summed E-state index contributed by atoms with van der Waals surface area (Å²) < 4.78 is 15.4. The van der Waals surface area contributed by atoms with Gasteiger partial charge in [-0.3, -0.25) is 4.79 Å². The van der Waals surface area contributed by atoms with Crippen LogP contribution >= 0.6 is 11.6 Å².